The molecule has 2 heterocycles. The molecule has 0 radical (unpaired) electrons. The zero-order valence-electron chi connectivity index (χ0n) is 17.4. The highest BCUT2D eigenvalue weighted by atomic mass is 16.5. The average molecular weight is 386 g/mol. The third-order valence-corrected chi connectivity index (χ3v) is 5.19. The highest BCUT2D eigenvalue weighted by molar-refractivity contribution is 5.74. The molecule has 0 aliphatic carbocycles. The average Bonchev–Trinajstić information content (AvgIpc) is 3.01. The SMILES string of the molecule is COc1cc2c(cc1OC)CN(C(=O)NCC(C)Cn1nc(C)cc1C)CC2. The van der Waals surface area contributed by atoms with E-state index in [1.807, 2.05) is 28.6 Å². The number of carbonyl (C=O) groups is 1. The van der Waals surface area contributed by atoms with Crippen LogP contribution in [0.4, 0.5) is 4.79 Å². The summed E-state index contributed by atoms with van der Waals surface area (Å²) < 4.78 is 12.8. The number of fused-ring (bicyclic) bond motifs is 1. The Morgan fingerprint density at radius 2 is 1.86 bits per heavy atom. The van der Waals surface area contributed by atoms with E-state index >= 15 is 0 Å². The molecule has 1 aromatic carbocycles. The molecular weight excluding hydrogens is 356 g/mol. The lowest BCUT2D eigenvalue weighted by Gasteiger charge is -2.30. The molecule has 2 amide bonds. The van der Waals surface area contributed by atoms with Crippen LogP contribution in [0.2, 0.25) is 0 Å². The summed E-state index contributed by atoms with van der Waals surface area (Å²) in [7, 11) is 3.27. The number of nitrogens with zero attached hydrogens (tertiary/aromatic N) is 3. The number of benzene rings is 1. The highest BCUT2D eigenvalue weighted by Crippen LogP contribution is 2.33. The number of carbonyl (C=O) groups excluding carboxylic acids is 1. The number of nitrogens with one attached hydrogen (secondary N) is 1. The fraction of sp³-hybridized carbons (Fsp3) is 0.524. The maximum Gasteiger partial charge on any atom is 0.317 e. The molecule has 1 aromatic heterocycles. The summed E-state index contributed by atoms with van der Waals surface area (Å²) in [6, 6.07) is 6.03. The van der Waals surface area contributed by atoms with Gasteiger partial charge in [-0.1, -0.05) is 6.92 Å². The van der Waals surface area contributed by atoms with Crippen molar-refractivity contribution in [3.8, 4) is 11.5 Å². The number of hydrogen-bond acceptors (Lipinski definition) is 4. The Kier molecular flexibility index (Phi) is 6.11. The molecule has 0 saturated heterocycles. The Labute approximate surface area is 166 Å². The van der Waals surface area contributed by atoms with Gasteiger partial charge in [0.05, 0.1) is 19.9 Å². The van der Waals surface area contributed by atoms with Gasteiger partial charge in [0.1, 0.15) is 0 Å². The number of methoxy groups -OCH3 is 2. The third kappa shape index (κ3) is 4.40. The summed E-state index contributed by atoms with van der Waals surface area (Å²) in [5.41, 5.74) is 4.48. The molecule has 7 nitrogen and oxygen atoms in total. The van der Waals surface area contributed by atoms with E-state index in [1.165, 1.54) is 5.56 Å². The van der Waals surface area contributed by atoms with E-state index in [0.717, 1.165) is 35.7 Å². The van der Waals surface area contributed by atoms with E-state index in [1.54, 1.807) is 14.2 Å². The first-order valence-corrected chi connectivity index (χ1v) is 9.68. The molecule has 0 saturated carbocycles. The fourth-order valence-electron chi connectivity index (χ4n) is 3.65. The first kappa shape index (κ1) is 20.0. The van der Waals surface area contributed by atoms with Gasteiger partial charge in [-0.05, 0) is 55.5 Å². The lowest BCUT2D eigenvalue weighted by Crippen LogP contribution is -2.44. The second kappa shape index (κ2) is 8.54. The van der Waals surface area contributed by atoms with Crippen molar-refractivity contribution in [1.82, 2.24) is 20.0 Å². The summed E-state index contributed by atoms with van der Waals surface area (Å²) >= 11 is 0. The Morgan fingerprint density at radius 1 is 1.18 bits per heavy atom. The molecule has 1 aliphatic heterocycles. The number of urea groups is 1. The van der Waals surface area contributed by atoms with Crippen molar-refractivity contribution in [2.45, 2.75) is 40.3 Å². The number of amides is 2. The molecule has 7 heteroatoms. The molecule has 0 bridgehead atoms. The van der Waals surface area contributed by atoms with Crippen LogP contribution in [0, 0.1) is 19.8 Å². The van der Waals surface area contributed by atoms with Crippen LogP contribution in [0.25, 0.3) is 0 Å². The van der Waals surface area contributed by atoms with Crippen LogP contribution in [-0.2, 0) is 19.5 Å². The number of aromatic nitrogens is 2. The first-order chi connectivity index (χ1) is 13.4. The Bertz CT molecular complexity index is 846. The highest BCUT2D eigenvalue weighted by Gasteiger charge is 2.23. The molecular formula is C21H30N4O3. The van der Waals surface area contributed by atoms with Crippen LogP contribution in [0.3, 0.4) is 0 Å². The fourth-order valence-corrected chi connectivity index (χ4v) is 3.65. The van der Waals surface area contributed by atoms with Gasteiger partial charge in [0.2, 0.25) is 0 Å². The largest absolute Gasteiger partial charge is 0.493 e. The normalized spacial score (nSPS) is 14.4. The molecule has 0 fully saturated rings. The molecule has 152 valence electrons. The van der Waals surface area contributed by atoms with Gasteiger partial charge in [-0.25, -0.2) is 4.79 Å². The topological polar surface area (TPSA) is 68.6 Å². The van der Waals surface area contributed by atoms with Crippen LogP contribution in [0.1, 0.15) is 29.4 Å². The minimum Gasteiger partial charge on any atom is -0.493 e. The lowest BCUT2D eigenvalue weighted by molar-refractivity contribution is 0.190. The van der Waals surface area contributed by atoms with E-state index in [-0.39, 0.29) is 6.03 Å². The van der Waals surface area contributed by atoms with E-state index in [0.29, 0.717) is 31.3 Å². The van der Waals surface area contributed by atoms with E-state index < -0.39 is 0 Å². The standard InChI is InChI=1S/C21H30N4O3/c1-14(12-25-16(3)8-15(2)23-25)11-22-21(26)24-7-6-17-9-19(27-4)20(28-5)10-18(17)13-24/h8-10,14H,6-7,11-13H2,1-5H3,(H,22,26). The summed E-state index contributed by atoms with van der Waals surface area (Å²) in [6.45, 7) is 8.85. The lowest BCUT2D eigenvalue weighted by atomic mass is 9.99. The van der Waals surface area contributed by atoms with Gasteiger partial charge in [-0.15, -0.1) is 0 Å². The maximum absolute atomic E-state index is 12.6. The van der Waals surface area contributed by atoms with Gasteiger partial charge < -0.3 is 19.7 Å². The smallest absolute Gasteiger partial charge is 0.317 e. The summed E-state index contributed by atoms with van der Waals surface area (Å²) in [4.78, 5) is 14.5. The van der Waals surface area contributed by atoms with Crippen molar-refractivity contribution in [3.05, 3.63) is 40.7 Å². The molecule has 3 rings (SSSR count). The van der Waals surface area contributed by atoms with E-state index in [9.17, 15) is 4.79 Å². The molecule has 1 atom stereocenters. The van der Waals surface area contributed by atoms with E-state index in [2.05, 4.69) is 30.3 Å². The van der Waals surface area contributed by atoms with Gasteiger partial charge in [-0.3, -0.25) is 4.68 Å². The molecule has 28 heavy (non-hydrogen) atoms. The Balaban J connectivity index is 1.56. The molecule has 1 N–H and O–H groups in total. The number of hydrogen-bond donors (Lipinski definition) is 1. The predicted octanol–water partition coefficient (Wildman–Crippen LogP) is 2.92. The summed E-state index contributed by atoms with van der Waals surface area (Å²) in [5.74, 6) is 1.72. The quantitative estimate of drug-likeness (QED) is 0.829. The maximum atomic E-state index is 12.6. The van der Waals surface area contributed by atoms with Crippen molar-refractivity contribution in [2.24, 2.45) is 5.92 Å². The van der Waals surface area contributed by atoms with Gasteiger partial charge in [0.25, 0.3) is 0 Å². The van der Waals surface area contributed by atoms with Crippen LogP contribution < -0.4 is 14.8 Å². The van der Waals surface area contributed by atoms with Crippen molar-refractivity contribution in [3.63, 3.8) is 0 Å². The van der Waals surface area contributed by atoms with Crippen molar-refractivity contribution in [1.29, 1.82) is 0 Å². The minimum atomic E-state index is -0.0272. The summed E-state index contributed by atoms with van der Waals surface area (Å²) in [6.07, 6.45) is 0.810. The van der Waals surface area contributed by atoms with Gasteiger partial charge >= 0.3 is 6.03 Å². The van der Waals surface area contributed by atoms with Crippen molar-refractivity contribution < 1.29 is 14.3 Å². The van der Waals surface area contributed by atoms with Crippen molar-refractivity contribution in [2.75, 3.05) is 27.3 Å². The van der Waals surface area contributed by atoms with Crippen LogP contribution in [0.5, 0.6) is 11.5 Å². The van der Waals surface area contributed by atoms with Crippen molar-refractivity contribution >= 4 is 6.03 Å². The molecule has 1 unspecified atom stereocenters. The number of rotatable bonds is 6. The van der Waals surface area contributed by atoms with Crippen LogP contribution >= 0.6 is 0 Å². The Hall–Kier alpha value is -2.70. The van der Waals surface area contributed by atoms with Gasteiger partial charge in [0.15, 0.2) is 11.5 Å². The third-order valence-electron chi connectivity index (χ3n) is 5.19. The monoisotopic (exact) mass is 386 g/mol. The van der Waals surface area contributed by atoms with Gasteiger partial charge in [-0.2, -0.15) is 5.10 Å². The van der Waals surface area contributed by atoms with Gasteiger partial charge in [0, 0.05) is 31.9 Å². The summed E-state index contributed by atoms with van der Waals surface area (Å²) in [5, 5.41) is 7.56. The number of ether oxygens (including phenoxy) is 2. The second-order valence-corrected chi connectivity index (χ2v) is 7.55. The van der Waals surface area contributed by atoms with E-state index in [4.69, 9.17) is 9.47 Å². The first-order valence-electron chi connectivity index (χ1n) is 9.68. The van der Waals surface area contributed by atoms with Crippen LogP contribution in [-0.4, -0.2) is 48.0 Å². The predicted molar refractivity (Wildman–Crippen MR) is 108 cm³/mol. The minimum absolute atomic E-state index is 0.0272. The molecule has 2 aromatic rings. The Morgan fingerprint density at radius 3 is 2.46 bits per heavy atom. The van der Waals surface area contributed by atoms with Crippen LogP contribution in [0.15, 0.2) is 18.2 Å². The molecule has 0 spiro atoms. The zero-order chi connectivity index (χ0) is 20.3. The second-order valence-electron chi connectivity index (χ2n) is 7.55. The zero-order valence-corrected chi connectivity index (χ0v) is 17.4. The number of aryl methyl sites for hydroxylation is 2. The molecule has 1 aliphatic rings.